The average molecular weight is 425 g/mol. The molecule has 0 amide bonds. The highest BCUT2D eigenvalue weighted by molar-refractivity contribution is 6.13. The molecule has 4 N–H and O–H groups in total. The molecule has 0 saturated carbocycles. The van der Waals surface area contributed by atoms with Crippen LogP contribution in [0.1, 0.15) is 12.0 Å². The second kappa shape index (κ2) is 8.32. The van der Waals surface area contributed by atoms with Crippen molar-refractivity contribution in [2.45, 2.75) is 12.8 Å². The van der Waals surface area contributed by atoms with Gasteiger partial charge in [-0.1, -0.05) is 24.3 Å². The zero-order valence-corrected chi connectivity index (χ0v) is 17.8. The second-order valence-electron chi connectivity index (χ2n) is 7.86. The Hall–Kier alpha value is -3.90. The standard InChI is InChI=1S/C26H24N4O2/c1-32-20-7-4-16(5-8-20)24-15-28-26(31)25-22-11-17(19-13-29-30-14-19)6-9-21(22)18(3-2-10-27)12-23(24)25/h4-9,11-15H,2-3,10,27H2,1H3,(H,28,31)(H,29,30). The third kappa shape index (κ3) is 3.44. The summed E-state index contributed by atoms with van der Waals surface area (Å²) in [6.45, 7) is 0.618. The van der Waals surface area contributed by atoms with E-state index >= 15 is 0 Å². The van der Waals surface area contributed by atoms with E-state index in [9.17, 15) is 4.79 Å². The number of benzene rings is 3. The highest BCUT2D eigenvalue weighted by Crippen LogP contribution is 2.36. The third-order valence-electron chi connectivity index (χ3n) is 5.97. The third-order valence-corrected chi connectivity index (χ3v) is 5.97. The summed E-state index contributed by atoms with van der Waals surface area (Å²) in [5.74, 6) is 0.793. The van der Waals surface area contributed by atoms with Crippen molar-refractivity contribution in [1.82, 2.24) is 15.2 Å². The number of hydrogen-bond acceptors (Lipinski definition) is 4. The molecule has 6 nitrogen and oxygen atoms in total. The van der Waals surface area contributed by atoms with E-state index in [0.29, 0.717) is 11.9 Å². The first kappa shape index (κ1) is 20.0. The topological polar surface area (TPSA) is 96.8 Å². The smallest absolute Gasteiger partial charge is 0.256 e. The van der Waals surface area contributed by atoms with E-state index < -0.39 is 0 Å². The first-order valence-corrected chi connectivity index (χ1v) is 10.6. The van der Waals surface area contributed by atoms with Crippen LogP contribution in [0.15, 0.2) is 71.9 Å². The van der Waals surface area contributed by atoms with Crippen molar-refractivity contribution in [2.75, 3.05) is 13.7 Å². The number of hydrogen-bond donors (Lipinski definition) is 3. The lowest BCUT2D eigenvalue weighted by Gasteiger charge is -2.14. The largest absolute Gasteiger partial charge is 0.497 e. The normalized spacial score (nSPS) is 11.3. The van der Waals surface area contributed by atoms with Gasteiger partial charge in [0.1, 0.15) is 5.75 Å². The van der Waals surface area contributed by atoms with Gasteiger partial charge in [0.05, 0.1) is 18.7 Å². The zero-order chi connectivity index (χ0) is 22.1. The van der Waals surface area contributed by atoms with Crippen LogP contribution in [-0.4, -0.2) is 28.8 Å². The van der Waals surface area contributed by atoms with Crippen LogP contribution in [0.25, 0.3) is 43.8 Å². The van der Waals surface area contributed by atoms with Gasteiger partial charge in [0.2, 0.25) is 0 Å². The number of fused-ring (bicyclic) bond motifs is 3. The number of nitrogens with zero attached hydrogens (tertiary/aromatic N) is 1. The van der Waals surface area contributed by atoms with Crippen molar-refractivity contribution in [3.8, 4) is 28.0 Å². The molecule has 0 bridgehead atoms. The number of pyridine rings is 1. The Labute approximate surface area is 185 Å². The molecular formula is C26H24N4O2. The molecule has 160 valence electrons. The van der Waals surface area contributed by atoms with Crippen molar-refractivity contribution in [3.63, 3.8) is 0 Å². The van der Waals surface area contributed by atoms with Gasteiger partial charge < -0.3 is 15.5 Å². The lowest BCUT2D eigenvalue weighted by Crippen LogP contribution is -2.08. The summed E-state index contributed by atoms with van der Waals surface area (Å²) in [5.41, 5.74) is 10.9. The average Bonchev–Trinajstić information content (AvgIpc) is 3.37. The van der Waals surface area contributed by atoms with Crippen LogP contribution in [0.4, 0.5) is 0 Å². The molecule has 0 atom stereocenters. The Morgan fingerprint density at radius 1 is 0.938 bits per heavy atom. The van der Waals surface area contributed by atoms with E-state index in [2.05, 4.69) is 39.4 Å². The zero-order valence-electron chi connectivity index (χ0n) is 17.8. The van der Waals surface area contributed by atoms with Crippen LogP contribution in [-0.2, 0) is 6.42 Å². The maximum atomic E-state index is 13.1. The van der Waals surface area contributed by atoms with Gasteiger partial charge in [-0.25, -0.2) is 0 Å². The van der Waals surface area contributed by atoms with E-state index in [1.165, 1.54) is 5.56 Å². The number of aromatic amines is 2. The molecule has 5 aromatic rings. The van der Waals surface area contributed by atoms with E-state index in [4.69, 9.17) is 10.5 Å². The lowest BCUT2D eigenvalue weighted by atomic mass is 9.90. The molecule has 0 saturated heterocycles. The summed E-state index contributed by atoms with van der Waals surface area (Å²) in [5, 5.41) is 10.6. The summed E-state index contributed by atoms with van der Waals surface area (Å²) < 4.78 is 5.30. The molecule has 3 aromatic carbocycles. The molecule has 32 heavy (non-hydrogen) atoms. The highest BCUT2D eigenvalue weighted by atomic mass is 16.5. The maximum absolute atomic E-state index is 13.1. The minimum atomic E-state index is -0.100. The number of H-pyrrole nitrogens is 2. The van der Waals surface area contributed by atoms with E-state index in [0.717, 1.165) is 57.0 Å². The number of aryl methyl sites for hydroxylation is 1. The molecule has 0 fully saturated rings. The van der Waals surface area contributed by atoms with Gasteiger partial charge in [-0.05, 0) is 76.5 Å². The summed E-state index contributed by atoms with van der Waals surface area (Å²) >= 11 is 0. The summed E-state index contributed by atoms with van der Waals surface area (Å²) in [6.07, 6.45) is 7.17. The molecule has 0 unspecified atom stereocenters. The number of nitrogens with two attached hydrogens (primary N) is 1. The van der Waals surface area contributed by atoms with Crippen LogP contribution in [0, 0.1) is 0 Å². The lowest BCUT2D eigenvalue weighted by molar-refractivity contribution is 0.415. The monoisotopic (exact) mass is 424 g/mol. The number of rotatable bonds is 6. The molecule has 0 spiro atoms. The van der Waals surface area contributed by atoms with Gasteiger partial charge in [-0.3, -0.25) is 9.89 Å². The number of methoxy groups -OCH3 is 1. The van der Waals surface area contributed by atoms with Gasteiger partial charge in [0.25, 0.3) is 5.56 Å². The minimum absolute atomic E-state index is 0.100. The second-order valence-corrected chi connectivity index (χ2v) is 7.86. The first-order chi connectivity index (χ1) is 15.7. The van der Waals surface area contributed by atoms with Gasteiger partial charge in [-0.15, -0.1) is 0 Å². The molecule has 0 aliphatic heterocycles. The first-order valence-electron chi connectivity index (χ1n) is 10.6. The summed E-state index contributed by atoms with van der Waals surface area (Å²) in [7, 11) is 1.65. The molecule has 6 heteroatoms. The van der Waals surface area contributed by atoms with Crippen molar-refractivity contribution < 1.29 is 4.74 Å². The van der Waals surface area contributed by atoms with Crippen molar-refractivity contribution in [2.24, 2.45) is 5.73 Å². The van der Waals surface area contributed by atoms with Gasteiger partial charge in [-0.2, -0.15) is 5.10 Å². The fourth-order valence-corrected chi connectivity index (χ4v) is 4.34. The van der Waals surface area contributed by atoms with E-state index in [-0.39, 0.29) is 5.56 Å². The number of aromatic nitrogens is 3. The number of nitrogens with one attached hydrogen (secondary N) is 2. The van der Waals surface area contributed by atoms with Crippen molar-refractivity contribution in [3.05, 3.63) is 83.0 Å². The Morgan fingerprint density at radius 3 is 2.47 bits per heavy atom. The summed E-state index contributed by atoms with van der Waals surface area (Å²) in [4.78, 5) is 16.0. The van der Waals surface area contributed by atoms with Crippen molar-refractivity contribution >= 4 is 21.5 Å². The predicted molar refractivity (Wildman–Crippen MR) is 129 cm³/mol. The molecule has 2 aromatic heterocycles. The Morgan fingerprint density at radius 2 is 1.75 bits per heavy atom. The molecule has 0 radical (unpaired) electrons. The van der Waals surface area contributed by atoms with E-state index in [1.54, 1.807) is 19.5 Å². The SMILES string of the molecule is COc1ccc(-c2c[nH]c(=O)c3c2cc(CCCN)c2ccc(-c4cn[nH]c4)cc23)cc1. The van der Waals surface area contributed by atoms with Crippen LogP contribution in [0.2, 0.25) is 0 Å². The van der Waals surface area contributed by atoms with Crippen LogP contribution >= 0.6 is 0 Å². The highest BCUT2D eigenvalue weighted by Gasteiger charge is 2.15. The summed E-state index contributed by atoms with van der Waals surface area (Å²) in [6, 6.07) is 16.3. The van der Waals surface area contributed by atoms with Crippen LogP contribution in [0.5, 0.6) is 5.75 Å². The minimum Gasteiger partial charge on any atom is -0.497 e. The number of ether oxygens (including phenoxy) is 1. The van der Waals surface area contributed by atoms with Gasteiger partial charge in [0.15, 0.2) is 0 Å². The predicted octanol–water partition coefficient (Wildman–Crippen LogP) is 4.64. The fraction of sp³-hybridized carbons (Fsp3) is 0.154. The van der Waals surface area contributed by atoms with Crippen LogP contribution in [0.3, 0.4) is 0 Å². The van der Waals surface area contributed by atoms with Crippen molar-refractivity contribution in [1.29, 1.82) is 0 Å². The van der Waals surface area contributed by atoms with Gasteiger partial charge in [0, 0.05) is 23.5 Å². The molecule has 0 aliphatic rings. The fourth-order valence-electron chi connectivity index (χ4n) is 4.34. The molecule has 0 aliphatic carbocycles. The van der Waals surface area contributed by atoms with E-state index in [1.807, 2.05) is 30.5 Å². The molecular weight excluding hydrogens is 400 g/mol. The van der Waals surface area contributed by atoms with Gasteiger partial charge >= 0.3 is 0 Å². The molecule has 5 rings (SSSR count). The Bertz CT molecular complexity index is 1450. The maximum Gasteiger partial charge on any atom is 0.256 e. The molecule has 2 heterocycles. The van der Waals surface area contributed by atoms with Crippen LogP contribution < -0.4 is 16.0 Å². The Kier molecular flexibility index (Phi) is 5.21. The quantitative estimate of drug-likeness (QED) is 0.346. The Balaban J connectivity index is 1.83.